The molecule has 1 atom stereocenters. The molecule has 0 aliphatic carbocycles. The van der Waals surface area contributed by atoms with Crippen molar-refractivity contribution in [3.05, 3.63) is 29.8 Å². The maximum Gasteiger partial charge on any atom is 0.126 e. The van der Waals surface area contributed by atoms with Crippen LogP contribution >= 0.6 is 0 Å². The van der Waals surface area contributed by atoms with Gasteiger partial charge in [0.2, 0.25) is 0 Å². The van der Waals surface area contributed by atoms with Crippen LogP contribution in [-0.2, 0) is 0 Å². The normalized spacial score (nSPS) is 13.1. The molecule has 54 valence electrons. The molecular formula is C7H9FN2. The van der Waals surface area contributed by atoms with E-state index in [0.717, 1.165) is 0 Å². The van der Waals surface area contributed by atoms with E-state index >= 15 is 0 Å². The molecule has 1 aromatic rings. The molecule has 1 rings (SSSR count). The third-order valence-electron chi connectivity index (χ3n) is 1.21. The number of nitrogens with zero attached hydrogens (tertiary/aromatic N) is 1. The first kappa shape index (κ1) is 7.15. The smallest absolute Gasteiger partial charge is 0.126 e. The Morgan fingerprint density at radius 2 is 2.40 bits per heavy atom. The lowest BCUT2D eigenvalue weighted by Gasteiger charge is -2.01. The number of pyridine rings is 1. The quantitative estimate of drug-likeness (QED) is 0.637. The van der Waals surface area contributed by atoms with E-state index in [4.69, 9.17) is 5.73 Å². The fourth-order valence-electron chi connectivity index (χ4n) is 0.670. The topological polar surface area (TPSA) is 38.9 Å². The number of rotatable bonds is 1. The molecule has 0 bridgehead atoms. The average molecular weight is 140 g/mol. The molecule has 2 N–H and O–H groups in total. The van der Waals surface area contributed by atoms with E-state index < -0.39 is 0 Å². The zero-order valence-electron chi connectivity index (χ0n) is 5.71. The summed E-state index contributed by atoms with van der Waals surface area (Å²) in [4.78, 5) is 3.87. The molecule has 0 aliphatic rings. The number of hydrogen-bond donors (Lipinski definition) is 1. The Kier molecular flexibility index (Phi) is 1.97. The number of nitrogens with two attached hydrogens (primary N) is 1. The van der Waals surface area contributed by atoms with Crippen LogP contribution in [0.15, 0.2) is 18.3 Å². The maximum atomic E-state index is 12.4. The van der Waals surface area contributed by atoms with Gasteiger partial charge < -0.3 is 5.73 Å². The van der Waals surface area contributed by atoms with Gasteiger partial charge in [-0.05, 0) is 19.1 Å². The first-order valence-corrected chi connectivity index (χ1v) is 3.07. The minimum atomic E-state index is -0.290. The lowest BCUT2D eigenvalue weighted by atomic mass is 10.2. The Hall–Kier alpha value is -0.960. The van der Waals surface area contributed by atoms with Gasteiger partial charge in [0.1, 0.15) is 5.82 Å². The van der Waals surface area contributed by atoms with Gasteiger partial charge in [0, 0.05) is 12.2 Å². The van der Waals surface area contributed by atoms with Crippen LogP contribution in [0.2, 0.25) is 0 Å². The standard InChI is InChI=1S/C7H9FN2/c1-5(9)7-4-6(8)2-3-10-7/h2-5H,9H2,1H3. The highest BCUT2D eigenvalue weighted by Crippen LogP contribution is 2.06. The van der Waals surface area contributed by atoms with Crippen LogP contribution in [0.1, 0.15) is 18.7 Å². The second-order valence-electron chi connectivity index (χ2n) is 2.19. The van der Waals surface area contributed by atoms with Gasteiger partial charge in [-0.2, -0.15) is 0 Å². The van der Waals surface area contributed by atoms with E-state index in [1.807, 2.05) is 0 Å². The number of halogens is 1. The molecule has 0 fully saturated rings. The van der Waals surface area contributed by atoms with Crippen LogP contribution in [0.5, 0.6) is 0 Å². The zero-order chi connectivity index (χ0) is 7.56. The molecule has 0 amide bonds. The summed E-state index contributed by atoms with van der Waals surface area (Å²) < 4.78 is 12.4. The molecule has 3 heteroatoms. The average Bonchev–Trinajstić information content (AvgIpc) is 1.88. The second-order valence-corrected chi connectivity index (χ2v) is 2.19. The van der Waals surface area contributed by atoms with Crippen molar-refractivity contribution in [1.29, 1.82) is 0 Å². The largest absolute Gasteiger partial charge is 0.323 e. The van der Waals surface area contributed by atoms with Gasteiger partial charge >= 0.3 is 0 Å². The van der Waals surface area contributed by atoms with Crippen LogP contribution in [0.4, 0.5) is 4.39 Å². The Balaban J connectivity index is 2.96. The van der Waals surface area contributed by atoms with Crippen molar-refractivity contribution < 1.29 is 4.39 Å². The predicted octanol–water partition coefficient (Wildman–Crippen LogP) is 1.24. The summed E-state index contributed by atoms with van der Waals surface area (Å²) in [5, 5.41) is 0. The Bertz CT molecular complexity index is 223. The maximum absolute atomic E-state index is 12.4. The zero-order valence-corrected chi connectivity index (χ0v) is 5.71. The summed E-state index contributed by atoms with van der Waals surface area (Å²) in [5.41, 5.74) is 6.04. The molecule has 1 unspecified atom stereocenters. The first-order chi connectivity index (χ1) is 4.70. The fourth-order valence-corrected chi connectivity index (χ4v) is 0.670. The monoisotopic (exact) mass is 140 g/mol. The highest BCUT2D eigenvalue weighted by atomic mass is 19.1. The Morgan fingerprint density at radius 1 is 1.70 bits per heavy atom. The first-order valence-electron chi connectivity index (χ1n) is 3.07. The van der Waals surface area contributed by atoms with Gasteiger partial charge in [0.05, 0.1) is 5.69 Å². The van der Waals surface area contributed by atoms with Crippen LogP contribution in [0.25, 0.3) is 0 Å². The van der Waals surface area contributed by atoms with Crippen molar-refractivity contribution in [2.75, 3.05) is 0 Å². The van der Waals surface area contributed by atoms with Crippen molar-refractivity contribution >= 4 is 0 Å². The van der Waals surface area contributed by atoms with Crippen molar-refractivity contribution in [2.45, 2.75) is 13.0 Å². The molecule has 10 heavy (non-hydrogen) atoms. The molecule has 1 aromatic heterocycles. The molecule has 0 saturated heterocycles. The van der Waals surface area contributed by atoms with E-state index in [1.165, 1.54) is 18.3 Å². The van der Waals surface area contributed by atoms with Gasteiger partial charge in [0.15, 0.2) is 0 Å². The summed E-state index contributed by atoms with van der Waals surface area (Å²) in [5.74, 6) is -0.290. The summed E-state index contributed by atoms with van der Waals surface area (Å²) in [6, 6.07) is 2.44. The number of aromatic nitrogens is 1. The van der Waals surface area contributed by atoms with Crippen molar-refractivity contribution in [2.24, 2.45) is 5.73 Å². The summed E-state index contributed by atoms with van der Waals surface area (Å²) in [6.45, 7) is 1.77. The molecule has 1 heterocycles. The van der Waals surface area contributed by atoms with Crippen LogP contribution in [0.3, 0.4) is 0 Å². The number of hydrogen-bond acceptors (Lipinski definition) is 2. The molecule has 2 nitrogen and oxygen atoms in total. The summed E-state index contributed by atoms with van der Waals surface area (Å²) in [7, 11) is 0. The fraction of sp³-hybridized carbons (Fsp3) is 0.286. The minimum absolute atomic E-state index is 0.198. The van der Waals surface area contributed by atoms with Crippen LogP contribution < -0.4 is 5.73 Å². The summed E-state index contributed by atoms with van der Waals surface area (Å²) in [6.07, 6.45) is 1.41. The SMILES string of the molecule is CC(N)c1cc(F)ccn1. The van der Waals surface area contributed by atoms with E-state index in [9.17, 15) is 4.39 Å². The van der Waals surface area contributed by atoms with E-state index in [1.54, 1.807) is 6.92 Å². The van der Waals surface area contributed by atoms with Gasteiger partial charge in [-0.25, -0.2) is 4.39 Å². The van der Waals surface area contributed by atoms with Crippen LogP contribution in [0, 0.1) is 5.82 Å². The Morgan fingerprint density at radius 3 is 2.80 bits per heavy atom. The third kappa shape index (κ3) is 1.51. The highest BCUT2D eigenvalue weighted by molar-refractivity contribution is 5.08. The minimum Gasteiger partial charge on any atom is -0.323 e. The molecule has 0 aromatic carbocycles. The lowest BCUT2D eigenvalue weighted by Crippen LogP contribution is -2.07. The van der Waals surface area contributed by atoms with Gasteiger partial charge in [-0.3, -0.25) is 4.98 Å². The molecule has 0 saturated carbocycles. The van der Waals surface area contributed by atoms with E-state index in [2.05, 4.69) is 4.98 Å². The molecular weight excluding hydrogens is 131 g/mol. The van der Waals surface area contributed by atoms with Crippen LogP contribution in [-0.4, -0.2) is 4.98 Å². The van der Waals surface area contributed by atoms with Crippen molar-refractivity contribution in [1.82, 2.24) is 4.98 Å². The lowest BCUT2D eigenvalue weighted by molar-refractivity contribution is 0.617. The second kappa shape index (κ2) is 2.75. The van der Waals surface area contributed by atoms with Gasteiger partial charge in [-0.1, -0.05) is 0 Å². The van der Waals surface area contributed by atoms with Crippen molar-refractivity contribution in [3.8, 4) is 0 Å². The van der Waals surface area contributed by atoms with E-state index in [-0.39, 0.29) is 11.9 Å². The summed E-state index contributed by atoms with van der Waals surface area (Å²) >= 11 is 0. The van der Waals surface area contributed by atoms with E-state index in [0.29, 0.717) is 5.69 Å². The van der Waals surface area contributed by atoms with Gasteiger partial charge in [0.25, 0.3) is 0 Å². The predicted molar refractivity (Wildman–Crippen MR) is 36.8 cm³/mol. The molecule has 0 aliphatic heterocycles. The van der Waals surface area contributed by atoms with Gasteiger partial charge in [-0.15, -0.1) is 0 Å². The van der Waals surface area contributed by atoms with Crippen molar-refractivity contribution in [3.63, 3.8) is 0 Å². The molecule has 0 radical (unpaired) electrons. The highest BCUT2D eigenvalue weighted by Gasteiger charge is 2.00. The third-order valence-corrected chi connectivity index (χ3v) is 1.21. The molecule has 0 spiro atoms. The Labute approximate surface area is 58.9 Å².